The van der Waals surface area contributed by atoms with Gasteiger partial charge in [-0.05, 0) is 45.7 Å². The molecule has 0 radical (unpaired) electrons. The number of carbonyl (C=O) groups is 2. The molecule has 1 atom stereocenters. The maximum absolute atomic E-state index is 12.7. The average Bonchev–Trinajstić information content (AvgIpc) is 3.33. The van der Waals surface area contributed by atoms with E-state index in [1.165, 1.54) is 5.01 Å². The smallest absolute Gasteiger partial charge is 0.303 e. The highest BCUT2D eigenvalue weighted by Gasteiger charge is 2.33. The van der Waals surface area contributed by atoms with Gasteiger partial charge in [-0.1, -0.05) is 29.8 Å². The van der Waals surface area contributed by atoms with Crippen LogP contribution in [0.25, 0.3) is 11.0 Å². The van der Waals surface area contributed by atoms with Gasteiger partial charge in [-0.2, -0.15) is 5.10 Å². The van der Waals surface area contributed by atoms with Gasteiger partial charge in [0.2, 0.25) is 5.91 Å². The Labute approximate surface area is 164 Å². The number of halogens is 1. The van der Waals surface area contributed by atoms with Gasteiger partial charge in [0.15, 0.2) is 0 Å². The number of aromatic nitrogens is 2. The number of aliphatic carboxylic acids is 1. The molecule has 0 fully saturated rings. The maximum Gasteiger partial charge on any atom is 0.303 e. The molecular formula is C19H15ClN4O4. The molecule has 0 aliphatic carbocycles. The van der Waals surface area contributed by atoms with Crippen LogP contribution in [-0.2, 0) is 9.59 Å². The first kappa shape index (κ1) is 18.1. The maximum atomic E-state index is 12.7. The van der Waals surface area contributed by atoms with E-state index in [-0.39, 0.29) is 24.8 Å². The third-order valence-electron chi connectivity index (χ3n) is 4.56. The predicted octanol–water partition coefficient (Wildman–Crippen LogP) is 3.42. The van der Waals surface area contributed by atoms with Gasteiger partial charge in [-0.25, -0.2) is 9.64 Å². The third kappa shape index (κ3) is 3.59. The highest BCUT2D eigenvalue weighted by molar-refractivity contribution is 6.30. The second-order valence-electron chi connectivity index (χ2n) is 6.42. The van der Waals surface area contributed by atoms with Crippen molar-refractivity contribution in [3.05, 3.63) is 58.6 Å². The number of rotatable bonds is 5. The number of hydrogen-bond donors (Lipinski definition) is 1. The van der Waals surface area contributed by atoms with Crippen LogP contribution < -0.4 is 0 Å². The largest absolute Gasteiger partial charge is 0.481 e. The average molecular weight is 399 g/mol. The molecule has 2 heterocycles. The van der Waals surface area contributed by atoms with Gasteiger partial charge in [0.05, 0.1) is 18.2 Å². The Morgan fingerprint density at radius 1 is 1.11 bits per heavy atom. The Bertz CT molecular complexity index is 1080. The van der Waals surface area contributed by atoms with E-state index in [9.17, 15) is 9.59 Å². The first-order valence-electron chi connectivity index (χ1n) is 8.61. The lowest BCUT2D eigenvalue weighted by molar-refractivity contribution is -0.141. The molecule has 1 aromatic heterocycles. The van der Waals surface area contributed by atoms with E-state index in [4.69, 9.17) is 21.3 Å². The Morgan fingerprint density at radius 2 is 1.86 bits per heavy atom. The lowest BCUT2D eigenvalue weighted by Gasteiger charge is -2.21. The van der Waals surface area contributed by atoms with Crippen molar-refractivity contribution < 1.29 is 19.3 Å². The SMILES string of the molecule is O=C(O)CCC(=O)N1N=C(c2ccc(Cl)cc2)CC1c1ccc2nonc2c1. The lowest BCUT2D eigenvalue weighted by atomic mass is 9.98. The molecule has 1 aliphatic rings. The number of carboxylic acids is 1. The predicted molar refractivity (Wildman–Crippen MR) is 101 cm³/mol. The summed E-state index contributed by atoms with van der Waals surface area (Å²) in [6.07, 6.45) is 0.105. The summed E-state index contributed by atoms with van der Waals surface area (Å²) in [6.45, 7) is 0. The third-order valence-corrected chi connectivity index (χ3v) is 4.81. The number of carbonyl (C=O) groups excluding carboxylic acids is 1. The van der Waals surface area contributed by atoms with Gasteiger partial charge < -0.3 is 5.11 Å². The molecule has 0 bridgehead atoms. The molecule has 1 aliphatic heterocycles. The monoisotopic (exact) mass is 398 g/mol. The van der Waals surface area contributed by atoms with Crippen LogP contribution in [0.15, 0.2) is 52.2 Å². The zero-order chi connectivity index (χ0) is 19.7. The van der Waals surface area contributed by atoms with Crippen LogP contribution in [0.2, 0.25) is 5.02 Å². The molecule has 1 N–H and O–H groups in total. The van der Waals surface area contributed by atoms with Crippen molar-refractivity contribution in [3.8, 4) is 0 Å². The number of benzene rings is 2. The highest BCUT2D eigenvalue weighted by atomic mass is 35.5. The minimum Gasteiger partial charge on any atom is -0.481 e. The summed E-state index contributed by atoms with van der Waals surface area (Å²) in [5.74, 6) is -1.38. The van der Waals surface area contributed by atoms with Crippen LogP contribution in [0.4, 0.5) is 0 Å². The molecule has 1 amide bonds. The van der Waals surface area contributed by atoms with Crippen LogP contribution in [0.3, 0.4) is 0 Å². The van der Waals surface area contributed by atoms with Crippen LogP contribution in [0.1, 0.15) is 36.4 Å². The van der Waals surface area contributed by atoms with Gasteiger partial charge in [-0.3, -0.25) is 9.59 Å². The minimum absolute atomic E-state index is 0.128. The van der Waals surface area contributed by atoms with Crippen molar-refractivity contribution in [2.75, 3.05) is 0 Å². The fourth-order valence-corrected chi connectivity index (χ4v) is 3.28. The van der Waals surface area contributed by atoms with E-state index in [1.54, 1.807) is 24.3 Å². The summed E-state index contributed by atoms with van der Waals surface area (Å²) >= 11 is 5.96. The van der Waals surface area contributed by atoms with Crippen molar-refractivity contribution in [3.63, 3.8) is 0 Å². The van der Waals surface area contributed by atoms with Crippen molar-refractivity contribution in [1.29, 1.82) is 0 Å². The molecule has 2 aromatic carbocycles. The number of hydrazone groups is 1. The molecule has 8 nitrogen and oxygen atoms in total. The summed E-state index contributed by atoms with van der Waals surface area (Å²) in [6, 6.07) is 12.2. The van der Waals surface area contributed by atoms with Crippen molar-refractivity contribution in [1.82, 2.24) is 15.3 Å². The molecule has 4 rings (SSSR count). The van der Waals surface area contributed by atoms with Gasteiger partial charge in [0.25, 0.3) is 0 Å². The summed E-state index contributed by atoms with van der Waals surface area (Å²) in [4.78, 5) is 23.5. The molecule has 1 unspecified atom stereocenters. The Kier molecular flexibility index (Phi) is 4.79. The first-order valence-corrected chi connectivity index (χ1v) is 8.98. The topological polar surface area (TPSA) is 109 Å². The molecular weight excluding hydrogens is 384 g/mol. The van der Waals surface area contributed by atoms with Gasteiger partial charge in [0.1, 0.15) is 11.0 Å². The molecule has 3 aromatic rings. The van der Waals surface area contributed by atoms with Crippen molar-refractivity contribution in [2.45, 2.75) is 25.3 Å². The summed E-state index contributed by atoms with van der Waals surface area (Å²) in [5.41, 5.74) is 3.59. The van der Waals surface area contributed by atoms with E-state index in [0.29, 0.717) is 22.5 Å². The number of fused-ring (bicyclic) bond motifs is 1. The van der Waals surface area contributed by atoms with Crippen molar-refractivity contribution in [2.24, 2.45) is 5.10 Å². The van der Waals surface area contributed by atoms with E-state index in [2.05, 4.69) is 15.4 Å². The highest BCUT2D eigenvalue weighted by Crippen LogP contribution is 2.34. The lowest BCUT2D eigenvalue weighted by Crippen LogP contribution is -2.27. The number of nitrogens with zero attached hydrogens (tertiary/aromatic N) is 4. The summed E-state index contributed by atoms with van der Waals surface area (Å²) in [7, 11) is 0. The zero-order valence-electron chi connectivity index (χ0n) is 14.6. The molecule has 0 saturated heterocycles. The normalized spacial score (nSPS) is 16.4. The molecule has 0 spiro atoms. The molecule has 9 heteroatoms. The fraction of sp³-hybridized carbons (Fsp3) is 0.211. The number of carboxylic acid groups (broad SMARTS) is 1. The van der Waals surface area contributed by atoms with Crippen LogP contribution in [-0.4, -0.2) is 38.0 Å². The van der Waals surface area contributed by atoms with E-state index in [0.717, 1.165) is 16.8 Å². The van der Waals surface area contributed by atoms with Gasteiger partial charge in [0, 0.05) is 17.9 Å². The van der Waals surface area contributed by atoms with E-state index in [1.807, 2.05) is 18.2 Å². The van der Waals surface area contributed by atoms with E-state index >= 15 is 0 Å². The molecule has 28 heavy (non-hydrogen) atoms. The first-order chi connectivity index (χ1) is 13.5. The second kappa shape index (κ2) is 7.40. The minimum atomic E-state index is -1.03. The summed E-state index contributed by atoms with van der Waals surface area (Å²) < 4.78 is 4.74. The van der Waals surface area contributed by atoms with Gasteiger partial charge in [-0.15, -0.1) is 0 Å². The van der Waals surface area contributed by atoms with Crippen molar-refractivity contribution >= 4 is 40.2 Å². The van der Waals surface area contributed by atoms with E-state index < -0.39 is 5.97 Å². The zero-order valence-corrected chi connectivity index (χ0v) is 15.3. The fourth-order valence-electron chi connectivity index (χ4n) is 3.15. The quantitative estimate of drug-likeness (QED) is 0.705. The molecule has 142 valence electrons. The molecule has 0 saturated carbocycles. The van der Waals surface area contributed by atoms with Crippen LogP contribution >= 0.6 is 11.6 Å². The second-order valence-corrected chi connectivity index (χ2v) is 6.85. The van der Waals surface area contributed by atoms with Crippen LogP contribution in [0.5, 0.6) is 0 Å². The van der Waals surface area contributed by atoms with Crippen LogP contribution in [0, 0.1) is 0 Å². The summed E-state index contributed by atoms with van der Waals surface area (Å²) in [5, 5.41) is 23.0. The number of amides is 1. The number of hydrogen-bond acceptors (Lipinski definition) is 6. The Morgan fingerprint density at radius 3 is 2.61 bits per heavy atom. The van der Waals surface area contributed by atoms with Gasteiger partial charge >= 0.3 is 5.97 Å². The standard InChI is InChI=1S/C19H15ClN4O4/c20-13-4-1-11(2-5-13)15-10-17(24(21-15)18(25)7-8-19(26)27)12-3-6-14-16(9-12)23-28-22-14/h1-6,9,17H,7-8,10H2,(H,26,27). The Balaban J connectivity index is 1.67. The Hall–Kier alpha value is -3.26.